The highest BCUT2D eigenvalue weighted by Gasteiger charge is 2.58. The fraction of sp³-hybridized carbons (Fsp3) is 0.852. The Labute approximate surface area is 183 Å². The number of allylic oxidation sites excluding steroid dienone is 3. The van der Waals surface area contributed by atoms with Crippen molar-refractivity contribution in [1.29, 1.82) is 0 Å². The molecule has 0 aromatic heterocycles. The first-order valence-electron chi connectivity index (χ1n) is 12.5. The summed E-state index contributed by atoms with van der Waals surface area (Å²) in [5.74, 6) is 2.51. The average Bonchev–Trinajstić information content (AvgIpc) is 2.99. The van der Waals surface area contributed by atoms with Crippen molar-refractivity contribution in [2.45, 2.75) is 110 Å². The molecule has 30 heavy (non-hydrogen) atoms. The first kappa shape index (κ1) is 22.6. The van der Waals surface area contributed by atoms with Crippen molar-refractivity contribution in [3.05, 3.63) is 23.3 Å². The molecule has 0 aromatic rings. The Morgan fingerprint density at radius 3 is 2.53 bits per heavy atom. The maximum absolute atomic E-state index is 11.0. The monoisotopic (exact) mass is 416 g/mol. The van der Waals surface area contributed by atoms with Gasteiger partial charge in [0, 0.05) is 11.8 Å². The van der Waals surface area contributed by atoms with Crippen molar-refractivity contribution >= 4 is 0 Å². The van der Waals surface area contributed by atoms with Crippen LogP contribution in [0.25, 0.3) is 0 Å². The molecule has 0 aromatic carbocycles. The van der Waals surface area contributed by atoms with Gasteiger partial charge in [0.25, 0.3) is 0 Å². The number of aliphatic hydroxyl groups excluding tert-OH is 2. The average molecular weight is 417 g/mol. The lowest BCUT2D eigenvalue weighted by atomic mass is 9.49. The van der Waals surface area contributed by atoms with Gasteiger partial charge in [-0.2, -0.15) is 0 Å². The zero-order valence-electron chi connectivity index (χ0n) is 19.8. The lowest BCUT2D eigenvalue weighted by Crippen LogP contribution is -2.52. The van der Waals surface area contributed by atoms with Crippen LogP contribution in [0.5, 0.6) is 0 Å². The van der Waals surface area contributed by atoms with Crippen molar-refractivity contribution < 1.29 is 15.3 Å². The Morgan fingerprint density at radius 2 is 1.83 bits per heavy atom. The summed E-state index contributed by atoms with van der Waals surface area (Å²) in [6.45, 7) is 11.1. The molecule has 170 valence electrons. The number of hydrogen-bond acceptors (Lipinski definition) is 3. The summed E-state index contributed by atoms with van der Waals surface area (Å²) in [5.41, 5.74) is 2.47. The molecule has 3 N–H and O–H groups in total. The third-order valence-corrected chi connectivity index (χ3v) is 9.86. The molecule has 0 saturated heterocycles. The minimum atomic E-state index is -0.555. The van der Waals surface area contributed by atoms with Crippen molar-refractivity contribution in [3.8, 4) is 0 Å². The van der Waals surface area contributed by atoms with Gasteiger partial charge in [-0.25, -0.2) is 0 Å². The van der Waals surface area contributed by atoms with E-state index >= 15 is 0 Å². The fourth-order valence-corrected chi connectivity index (χ4v) is 8.08. The zero-order valence-corrected chi connectivity index (χ0v) is 19.8. The maximum atomic E-state index is 11.0. The van der Waals surface area contributed by atoms with E-state index in [0.29, 0.717) is 29.6 Å². The third-order valence-electron chi connectivity index (χ3n) is 9.86. The Kier molecular flexibility index (Phi) is 5.82. The summed E-state index contributed by atoms with van der Waals surface area (Å²) in [7, 11) is 0. The second-order valence-electron chi connectivity index (χ2n) is 12.3. The van der Waals surface area contributed by atoms with Crippen molar-refractivity contribution in [3.63, 3.8) is 0 Å². The second kappa shape index (κ2) is 7.74. The van der Waals surface area contributed by atoms with Crippen LogP contribution in [0.15, 0.2) is 23.3 Å². The van der Waals surface area contributed by atoms with Gasteiger partial charge in [0.05, 0.1) is 17.8 Å². The molecule has 0 heterocycles. The van der Waals surface area contributed by atoms with E-state index in [1.165, 1.54) is 31.3 Å². The normalized spacial score (nSPS) is 44.5. The number of rotatable bonds is 5. The van der Waals surface area contributed by atoms with Crippen LogP contribution in [0.2, 0.25) is 0 Å². The molecule has 3 heteroatoms. The van der Waals surface area contributed by atoms with E-state index in [2.05, 4.69) is 32.9 Å². The first-order valence-corrected chi connectivity index (χ1v) is 12.5. The molecule has 3 saturated carbocycles. The largest absolute Gasteiger partial charge is 0.393 e. The topological polar surface area (TPSA) is 60.7 Å². The number of hydrogen-bond donors (Lipinski definition) is 3. The molecule has 8 atom stereocenters. The molecular formula is C27H44O3. The number of aliphatic hydroxyl groups is 3. The van der Waals surface area contributed by atoms with Gasteiger partial charge in [0.1, 0.15) is 0 Å². The van der Waals surface area contributed by atoms with E-state index in [4.69, 9.17) is 0 Å². The standard InChI is InChI=1S/C27H44O3/c1-17(7-6-13-25(2,3)30)21-10-11-22-20-9-8-18-15-19(28)16-24(29)27(18,5)23(20)12-14-26(21,22)4/h8-9,17,19,21-24,28-30H,6-7,10-16H2,1-5H3/t17-,19-,21?,22+,23+,24+,26-,27+/m1/s1. The van der Waals surface area contributed by atoms with Crippen LogP contribution in [0.3, 0.4) is 0 Å². The molecule has 4 aliphatic carbocycles. The number of fused-ring (bicyclic) bond motifs is 5. The van der Waals surface area contributed by atoms with Crippen molar-refractivity contribution in [2.24, 2.45) is 34.5 Å². The third kappa shape index (κ3) is 3.63. The van der Waals surface area contributed by atoms with Crippen LogP contribution in [-0.2, 0) is 0 Å². The highest BCUT2D eigenvalue weighted by molar-refractivity contribution is 5.40. The smallest absolute Gasteiger partial charge is 0.0661 e. The minimum absolute atomic E-state index is 0.193. The van der Waals surface area contributed by atoms with E-state index < -0.39 is 17.8 Å². The molecule has 0 spiro atoms. The molecule has 1 unspecified atom stereocenters. The Bertz CT molecular complexity index is 716. The molecule has 0 radical (unpaired) electrons. The SMILES string of the molecule is C[C@H](CCCC(C)(C)O)C1CC[C@H]2C3=CC=C4C[C@@H](O)C[C@H](O)[C@]4(C)[C@H]3CC[C@]12C. The van der Waals surface area contributed by atoms with Gasteiger partial charge in [-0.15, -0.1) is 0 Å². The minimum Gasteiger partial charge on any atom is -0.393 e. The summed E-state index contributed by atoms with van der Waals surface area (Å²) in [4.78, 5) is 0. The van der Waals surface area contributed by atoms with Gasteiger partial charge >= 0.3 is 0 Å². The molecule has 0 aliphatic heterocycles. The molecule has 3 fully saturated rings. The van der Waals surface area contributed by atoms with E-state index in [1.807, 2.05) is 13.8 Å². The summed E-state index contributed by atoms with van der Waals surface area (Å²) >= 11 is 0. The van der Waals surface area contributed by atoms with Crippen LogP contribution >= 0.6 is 0 Å². The van der Waals surface area contributed by atoms with E-state index in [-0.39, 0.29) is 5.41 Å². The fourth-order valence-electron chi connectivity index (χ4n) is 8.08. The van der Waals surface area contributed by atoms with Gasteiger partial charge in [-0.3, -0.25) is 0 Å². The zero-order chi connectivity index (χ0) is 21.9. The van der Waals surface area contributed by atoms with Crippen LogP contribution in [0, 0.1) is 34.5 Å². The predicted molar refractivity (Wildman–Crippen MR) is 122 cm³/mol. The van der Waals surface area contributed by atoms with Crippen LogP contribution in [-0.4, -0.2) is 33.1 Å². The highest BCUT2D eigenvalue weighted by atomic mass is 16.3. The lowest BCUT2D eigenvalue weighted by Gasteiger charge is -2.56. The lowest BCUT2D eigenvalue weighted by molar-refractivity contribution is -0.0545. The van der Waals surface area contributed by atoms with E-state index in [1.54, 1.807) is 5.57 Å². The van der Waals surface area contributed by atoms with Gasteiger partial charge in [0.2, 0.25) is 0 Å². The molecular weight excluding hydrogens is 372 g/mol. The second-order valence-corrected chi connectivity index (χ2v) is 12.3. The van der Waals surface area contributed by atoms with Gasteiger partial charge in [0.15, 0.2) is 0 Å². The Morgan fingerprint density at radius 1 is 1.10 bits per heavy atom. The van der Waals surface area contributed by atoms with Crippen LogP contribution < -0.4 is 0 Å². The highest BCUT2D eigenvalue weighted by Crippen LogP contribution is 2.66. The Balaban J connectivity index is 1.53. The first-order chi connectivity index (χ1) is 14.0. The van der Waals surface area contributed by atoms with Crippen LogP contribution in [0.4, 0.5) is 0 Å². The van der Waals surface area contributed by atoms with Gasteiger partial charge in [-0.1, -0.05) is 56.9 Å². The summed E-state index contributed by atoms with van der Waals surface area (Å²) in [6, 6.07) is 0. The van der Waals surface area contributed by atoms with Crippen molar-refractivity contribution in [2.75, 3.05) is 0 Å². The maximum Gasteiger partial charge on any atom is 0.0661 e. The predicted octanol–water partition coefficient (Wildman–Crippen LogP) is 5.39. The molecule has 0 bridgehead atoms. The van der Waals surface area contributed by atoms with Crippen LogP contribution in [0.1, 0.15) is 92.4 Å². The quantitative estimate of drug-likeness (QED) is 0.563. The van der Waals surface area contributed by atoms with E-state index in [9.17, 15) is 15.3 Å². The summed E-state index contributed by atoms with van der Waals surface area (Å²) in [5, 5.41) is 31.3. The Hall–Kier alpha value is -0.640. The summed E-state index contributed by atoms with van der Waals surface area (Å²) in [6.07, 6.45) is 13.2. The molecule has 0 amide bonds. The van der Waals surface area contributed by atoms with E-state index in [0.717, 1.165) is 31.6 Å². The van der Waals surface area contributed by atoms with Gasteiger partial charge < -0.3 is 15.3 Å². The molecule has 4 rings (SSSR count). The summed E-state index contributed by atoms with van der Waals surface area (Å²) < 4.78 is 0. The molecule has 3 nitrogen and oxygen atoms in total. The van der Waals surface area contributed by atoms with Crippen molar-refractivity contribution in [1.82, 2.24) is 0 Å². The molecule has 4 aliphatic rings. The van der Waals surface area contributed by atoms with Gasteiger partial charge in [-0.05, 0) is 81.5 Å².